The highest BCUT2D eigenvalue weighted by Gasteiger charge is 2.47. The second kappa shape index (κ2) is 10.3. The van der Waals surface area contributed by atoms with E-state index in [9.17, 15) is 0 Å². The lowest BCUT2D eigenvalue weighted by molar-refractivity contribution is 0.744. The summed E-state index contributed by atoms with van der Waals surface area (Å²) in [4.78, 5) is 0. The molecule has 198 valence electrons. The van der Waals surface area contributed by atoms with Crippen LogP contribution in [0.4, 0.5) is 11.4 Å². The van der Waals surface area contributed by atoms with Crippen LogP contribution < -0.4 is 5.32 Å². The molecule has 3 aliphatic carbocycles. The van der Waals surface area contributed by atoms with E-state index in [1.807, 2.05) is 0 Å². The molecule has 0 aliphatic heterocycles. The van der Waals surface area contributed by atoms with Crippen molar-refractivity contribution in [1.82, 2.24) is 0 Å². The number of anilines is 2. The smallest absolute Gasteiger partial charge is 0.0680 e. The molecule has 0 fully saturated rings. The predicted molar refractivity (Wildman–Crippen MR) is 175 cm³/mol. The van der Waals surface area contributed by atoms with Crippen molar-refractivity contribution >= 4 is 22.5 Å². The minimum Gasteiger partial charge on any atom is -0.355 e. The summed E-state index contributed by atoms with van der Waals surface area (Å²) < 4.78 is 0. The van der Waals surface area contributed by atoms with Crippen molar-refractivity contribution in [2.75, 3.05) is 5.32 Å². The monoisotopic (exact) mass is 527 g/mol. The van der Waals surface area contributed by atoms with Gasteiger partial charge in [0, 0.05) is 16.9 Å². The lowest BCUT2D eigenvalue weighted by Gasteiger charge is -2.36. The molecule has 4 aromatic rings. The summed E-state index contributed by atoms with van der Waals surface area (Å²) in [6, 6.07) is 33.5. The first-order valence-electron chi connectivity index (χ1n) is 14.4. The van der Waals surface area contributed by atoms with Crippen LogP contribution >= 0.6 is 0 Å². The van der Waals surface area contributed by atoms with Gasteiger partial charge in [-0.25, -0.2) is 0 Å². The van der Waals surface area contributed by atoms with Gasteiger partial charge in [0.1, 0.15) is 0 Å². The molecule has 1 N–H and O–H groups in total. The molecule has 7 rings (SSSR count). The Morgan fingerprint density at radius 1 is 0.610 bits per heavy atom. The van der Waals surface area contributed by atoms with Crippen molar-refractivity contribution in [2.45, 2.75) is 25.7 Å². The van der Waals surface area contributed by atoms with Crippen molar-refractivity contribution in [1.29, 1.82) is 0 Å². The molecule has 0 saturated carbocycles. The molecule has 1 atom stereocenters. The third kappa shape index (κ3) is 4.08. The zero-order valence-electron chi connectivity index (χ0n) is 23.6. The van der Waals surface area contributed by atoms with Crippen LogP contribution in [0.2, 0.25) is 0 Å². The van der Waals surface area contributed by atoms with Gasteiger partial charge in [-0.1, -0.05) is 133 Å². The SMILES string of the molecule is C\C1=C/C=C\C=C(/C)C2(c3ccccc31)c1ccccc1-c1c(Nc3ccc(C4=CC=CCC=C4)cc3)cccc12. The minimum atomic E-state index is -0.389. The molecule has 0 amide bonds. The number of hydrogen-bond acceptors (Lipinski definition) is 1. The summed E-state index contributed by atoms with van der Waals surface area (Å²) in [6.45, 7) is 4.51. The minimum absolute atomic E-state index is 0.389. The van der Waals surface area contributed by atoms with Crippen LogP contribution in [0, 0.1) is 0 Å². The number of hydrogen-bond donors (Lipinski definition) is 1. The van der Waals surface area contributed by atoms with Gasteiger partial charge in [-0.3, -0.25) is 0 Å². The molecule has 0 aromatic heterocycles. The molecule has 4 aromatic carbocycles. The van der Waals surface area contributed by atoms with E-state index in [0.29, 0.717) is 0 Å². The van der Waals surface area contributed by atoms with E-state index in [1.54, 1.807) is 0 Å². The Kier molecular flexibility index (Phi) is 6.29. The molecule has 1 heteroatoms. The fraction of sp³-hybridized carbons (Fsp3) is 0.100. The lowest BCUT2D eigenvalue weighted by atomic mass is 9.66. The van der Waals surface area contributed by atoms with Crippen LogP contribution in [0.1, 0.15) is 48.1 Å². The third-order valence-electron chi connectivity index (χ3n) is 8.70. The summed E-state index contributed by atoms with van der Waals surface area (Å²) >= 11 is 0. The van der Waals surface area contributed by atoms with E-state index in [0.717, 1.165) is 17.8 Å². The molecule has 1 unspecified atom stereocenters. The van der Waals surface area contributed by atoms with Crippen LogP contribution in [0.15, 0.2) is 151 Å². The molecule has 0 bridgehead atoms. The topological polar surface area (TPSA) is 12.0 Å². The van der Waals surface area contributed by atoms with Gasteiger partial charge in [0.05, 0.1) is 5.41 Å². The molecule has 1 nitrogen and oxygen atoms in total. The Balaban J connectivity index is 1.40. The molecule has 1 spiro atoms. The second-order valence-electron chi connectivity index (χ2n) is 11.0. The van der Waals surface area contributed by atoms with Crippen molar-refractivity contribution in [3.8, 4) is 11.1 Å². The van der Waals surface area contributed by atoms with Gasteiger partial charge < -0.3 is 5.32 Å². The van der Waals surface area contributed by atoms with E-state index in [4.69, 9.17) is 0 Å². The second-order valence-corrected chi connectivity index (χ2v) is 11.0. The van der Waals surface area contributed by atoms with Gasteiger partial charge >= 0.3 is 0 Å². The average molecular weight is 528 g/mol. The van der Waals surface area contributed by atoms with Crippen LogP contribution in [0.3, 0.4) is 0 Å². The van der Waals surface area contributed by atoms with Gasteiger partial charge in [0.2, 0.25) is 0 Å². The molecular weight excluding hydrogens is 494 g/mol. The predicted octanol–water partition coefficient (Wildman–Crippen LogP) is 10.6. The molecule has 0 saturated heterocycles. The highest BCUT2D eigenvalue weighted by Crippen LogP contribution is 2.59. The van der Waals surface area contributed by atoms with E-state index < -0.39 is 0 Å². The van der Waals surface area contributed by atoms with Crippen LogP contribution in [0.5, 0.6) is 0 Å². The lowest BCUT2D eigenvalue weighted by Crippen LogP contribution is -2.29. The van der Waals surface area contributed by atoms with Gasteiger partial charge in [-0.2, -0.15) is 0 Å². The number of benzene rings is 4. The Morgan fingerprint density at radius 2 is 1.32 bits per heavy atom. The Labute approximate surface area is 243 Å². The maximum Gasteiger partial charge on any atom is 0.0680 e. The standard InChI is InChI=1S/C40H33N/c1-28-14-7-8-15-29(2)40(35-20-11-9-18-33(28)35)36-21-12-10-19-34(36)39-37(40)22-13-23-38(39)41-32-26-24-31(25-27-32)30-16-5-3-4-6-17-30/h3,5-27,41H,4H2,1-2H3/b8-7-,28-14+,29-15+. The molecule has 0 radical (unpaired) electrons. The van der Waals surface area contributed by atoms with Crippen LogP contribution in [-0.4, -0.2) is 0 Å². The zero-order valence-corrected chi connectivity index (χ0v) is 23.6. The fourth-order valence-corrected chi connectivity index (χ4v) is 6.80. The van der Waals surface area contributed by atoms with E-state index in [-0.39, 0.29) is 5.41 Å². The first-order valence-corrected chi connectivity index (χ1v) is 14.4. The normalized spacial score (nSPS) is 22.0. The summed E-state index contributed by atoms with van der Waals surface area (Å²) in [7, 11) is 0. The van der Waals surface area contributed by atoms with Crippen molar-refractivity contribution < 1.29 is 0 Å². The highest BCUT2D eigenvalue weighted by molar-refractivity contribution is 5.95. The molecule has 41 heavy (non-hydrogen) atoms. The van der Waals surface area contributed by atoms with Crippen LogP contribution in [-0.2, 0) is 5.41 Å². The first kappa shape index (κ1) is 25.1. The number of allylic oxidation sites excluding steroid dienone is 12. The Bertz CT molecular complexity index is 1840. The molecular formula is C40H33N. The number of fused-ring (bicyclic) bond motifs is 7. The molecule has 3 aliphatic rings. The number of rotatable bonds is 3. The van der Waals surface area contributed by atoms with Crippen molar-refractivity contribution in [2.24, 2.45) is 0 Å². The van der Waals surface area contributed by atoms with E-state index in [2.05, 4.69) is 165 Å². The van der Waals surface area contributed by atoms with Gasteiger partial charge in [-0.15, -0.1) is 0 Å². The van der Waals surface area contributed by atoms with Gasteiger partial charge in [0.25, 0.3) is 0 Å². The molecule has 0 heterocycles. The summed E-state index contributed by atoms with van der Waals surface area (Å²) in [5.41, 5.74) is 14.7. The Hall–Kier alpha value is -4.88. The van der Waals surface area contributed by atoms with Crippen molar-refractivity contribution in [3.05, 3.63) is 179 Å². The zero-order chi connectivity index (χ0) is 27.8. The van der Waals surface area contributed by atoms with E-state index >= 15 is 0 Å². The highest BCUT2D eigenvalue weighted by atomic mass is 14.9. The fourth-order valence-electron chi connectivity index (χ4n) is 6.80. The van der Waals surface area contributed by atoms with Gasteiger partial charge in [-0.05, 0) is 83.0 Å². The third-order valence-corrected chi connectivity index (χ3v) is 8.70. The number of nitrogens with one attached hydrogen (secondary N) is 1. The maximum absolute atomic E-state index is 3.80. The summed E-state index contributed by atoms with van der Waals surface area (Å²) in [5, 5.41) is 3.80. The van der Waals surface area contributed by atoms with Crippen LogP contribution in [0.25, 0.3) is 22.3 Å². The van der Waals surface area contributed by atoms with E-state index in [1.165, 1.54) is 55.7 Å². The maximum atomic E-state index is 3.80. The summed E-state index contributed by atoms with van der Waals surface area (Å²) in [5.74, 6) is 0. The quantitative estimate of drug-likeness (QED) is 0.279. The first-order chi connectivity index (χ1) is 20.2. The average Bonchev–Trinajstić information content (AvgIpc) is 3.12. The van der Waals surface area contributed by atoms with Crippen molar-refractivity contribution in [3.63, 3.8) is 0 Å². The Morgan fingerprint density at radius 3 is 2.15 bits per heavy atom. The largest absolute Gasteiger partial charge is 0.355 e. The summed E-state index contributed by atoms with van der Waals surface area (Å²) in [6.07, 6.45) is 20.8. The van der Waals surface area contributed by atoms with Gasteiger partial charge in [0.15, 0.2) is 0 Å².